The molecule has 1 fully saturated rings. The molecule has 1 nitrogen and oxygen atoms in total. The van der Waals surface area contributed by atoms with Crippen molar-refractivity contribution in [3.63, 3.8) is 0 Å². The summed E-state index contributed by atoms with van der Waals surface area (Å²) >= 11 is 0. The third-order valence-corrected chi connectivity index (χ3v) is 4.45. The van der Waals surface area contributed by atoms with E-state index >= 15 is 0 Å². The summed E-state index contributed by atoms with van der Waals surface area (Å²) in [6, 6.07) is 5.95. The zero-order valence-electron chi connectivity index (χ0n) is 12.1. The minimum Gasteiger partial charge on any atom is -0.294 e. The van der Waals surface area contributed by atoms with E-state index in [1.54, 1.807) is 12.1 Å². The van der Waals surface area contributed by atoms with Crippen LogP contribution in [0.1, 0.15) is 56.8 Å². The lowest BCUT2D eigenvalue weighted by atomic mass is 9.69. The molecule has 1 aromatic carbocycles. The largest absolute Gasteiger partial charge is 0.294 e. The minimum atomic E-state index is -0.284. The number of rotatable bonds is 2. The molecule has 0 amide bonds. The fraction of sp³-hybridized carbons (Fsp3) is 0.588. The van der Waals surface area contributed by atoms with E-state index in [9.17, 15) is 9.18 Å². The summed E-state index contributed by atoms with van der Waals surface area (Å²) in [5.41, 5.74) is 0.991. The van der Waals surface area contributed by atoms with E-state index < -0.39 is 0 Å². The summed E-state index contributed by atoms with van der Waals surface area (Å²) in [6.45, 7) is 6.83. The third-order valence-electron chi connectivity index (χ3n) is 4.45. The highest BCUT2D eigenvalue weighted by atomic mass is 19.1. The third kappa shape index (κ3) is 3.43. The summed E-state index contributed by atoms with van der Waals surface area (Å²) in [6.07, 6.45) is 4.19. The number of carbonyl (C=O) groups is 1. The van der Waals surface area contributed by atoms with Crippen molar-refractivity contribution in [2.24, 2.45) is 17.3 Å². The first-order valence-corrected chi connectivity index (χ1v) is 7.17. The molecule has 0 unspecified atom stereocenters. The Morgan fingerprint density at radius 2 is 1.58 bits per heavy atom. The average molecular weight is 262 g/mol. The number of hydrogen-bond acceptors (Lipinski definition) is 1. The highest BCUT2D eigenvalue weighted by molar-refractivity contribution is 5.97. The van der Waals surface area contributed by atoms with E-state index in [1.165, 1.54) is 12.1 Å². The van der Waals surface area contributed by atoms with Gasteiger partial charge in [0.1, 0.15) is 5.82 Å². The van der Waals surface area contributed by atoms with Crippen molar-refractivity contribution in [1.82, 2.24) is 0 Å². The summed E-state index contributed by atoms with van der Waals surface area (Å²) < 4.78 is 12.9. The Bertz CT molecular complexity index is 433. The van der Waals surface area contributed by atoms with Crippen LogP contribution < -0.4 is 0 Å². The fourth-order valence-corrected chi connectivity index (χ4v) is 3.07. The standard InChI is InChI=1S/C17H23FO/c1-17(2,3)14-8-4-12(5-9-14)16(19)13-6-10-15(18)11-7-13/h6-7,10-12,14H,4-5,8-9H2,1-3H3. The van der Waals surface area contributed by atoms with E-state index in [4.69, 9.17) is 0 Å². The maximum absolute atomic E-state index is 12.9. The predicted molar refractivity (Wildman–Crippen MR) is 75.6 cm³/mol. The van der Waals surface area contributed by atoms with Crippen molar-refractivity contribution in [3.8, 4) is 0 Å². The second kappa shape index (κ2) is 5.44. The van der Waals surface area contributed by atoms with Gasteiger partial charge in [0.15, 0.2) is 5.78 Å². The number of hydrogen-bond donors (Lipinski definition) is 0. The molecule has 0 radical (unpaired) electrons. The number of Topliss-reactive ketones (excluding diaryl/α,β-unsaturated/α-hetero) is 1. The van der Waals surface area contributed by atoms with Crippen LogP contribution in [-0.4, -0.2) is 5.78 Å². The summed E-state index contributed by atoms with van der Waals surface area (Å²) in [7, 11) is 0. The lowest BCUT2D eigenvalue weighted by Gasteiger charge is -2.36. The SMILES string of the molecule is CC(C)(C)C1CCC(C(=O)c2ccc(F)cc2)CC1. The van der Waals surface area contributed by atoms with Crippen molar-refractivity contribution >= 4 is 5.78 Å². The van der Waals surface area contributed by atoms with Gasteiger partial charge in [-0.3, -0.25) is 4.79 Å². The Morgan fingerprint density at radius 1 is 1.05 bits per heavy atom. The molecule has 19 heavy (non-hydrogen) atoms. The lowest BCUT2D eigenvalue weighted by Crippen LogP contribution is -2.28. The number of halogens is 1. The van der Waals surface area contributed by atoms with Gasteiger partial charge in [-0.15, -0.1) is 0 Å². The van der Waals surface area contributed by atoms with Gasteiger partial charge in [0.05, 0.1) is 0 Å². The highest BCUT2D eigenvalue weighted by Crippen LogP contribution is 2.40. The van der Waals surface area contributed by atoms with Crippen LogP contribution in [0.25, 0.3) is 0 Å². The molecule has 0 saturated heterocycles. The maximum atomic E-state index is 12.9. The molecule has 0 spiro atoms. The van der Waals surface area contributed by atoms with E-state index in [2.05, 4.69) is 20.8 Å². The molecule has 2 rings (SSSR count). The van der Waals surface area contributed by atoms with Gasteiger partial charge in [0.25, 0.3) is 0 Å². The van der Waals surface area contributed by atoms with Crippen molar-refractivity contribution < 1.29 is 9.18 Å². The second-order valence-electron chi connectivity index (χ2n) is 6.79. The van der Waals surface area contributed by atoms with Crippen LogP contribution in [0, 0.1) is 23.1 Å². The first-order valence-electron chi connectivity index (χ1n) is 7.17. The van der Waals surface area contributed by atoms with E-state index in [1.807, 2.05) is 0 Å². The molecule has 104 valence electrons. The van der Waals surface area contributed by atoms with Gasteiger partial charge >= 0.3 is 0 Å². The van der Waals surface area contributed by atoms with E-state index in [0.29, 0.717) is 16.9 Å². The molecule has 0 aliphatic heterocycles. The van der Waals surface area contributed by atoms with Crippen LogP contribution in [0.5, 0.6) is 0 Å². The monoisotopic (exact) mass is 262 g/mol. The molecule has 0 bridgehead atoms. The molecule has 1 aromatic rings. The molecule has 1 saturated carbocycles. The molecule has 0 atom stereocenters. The van der Waals surface area contributed by atoms with Crippen molar-refractivity contribution in [1.29, 1.82) is 0 Å². The van der Waals surface area contributed by atoms with Crippen LogP contribution in [-0.2, 0) is 0 Å². The van der Waals surface area contributed by atoms with Crippen LogP contribution in [0.15, 0.2) is 24.3 Å². The molecule has 0 N–H and O–H groups in total. The summed E-state index contributed by atoms with van der Waals surface area (Å²) in [5.74, 6) is 0.745. The smallest absolute Gasteiger partial charge is 0.165 e. The molecule has 1 aliphatic carbocycles. The van der Waals surface area contributed by atoms with Gasteiger partial charge in [-0.1, -0.05) is 20.8 Å². The van der Waals surface area contributed by atoms with Crippen LogP contribution in [0.4, 0.5) is 4.39 Å². The Morgan fingerprint density at radius 3 is 2.05 bits per heavy atom. The Labute approximate surface area is 115 Å². The zero-order valence-corrected chi connectivity index (χ0v) is 12.1. The second-order valence-corrected chi connectivity index (χ2v) is 6.79. The molecule has 1 aliphatic rings. The first-order chi connectivity index (χ1) is 8.88. The van der Waals surface area contributed by atoms with Crippen LogP contribution in [0.3, 0.4) is 0 Å². The number of ketones is 1. The first kappa shape index (κ1) is 14.2. The lowest BCUT2D eigenvalue weighted by molar-refractivity contribution is 0.0819. The topological polar surface area (TPSA) is 17.1 Å². The molecule has 0 heterocycles. The average Bonchev–Trinajstić information content (AvgIpc) is 2.38. The fourth-order valence-electron chi connectivity index (χ4n) is 3.07. The highest BCUT2D eigenvalue weighted by Gasteiger charge is 2.32. The van der Waals surface area contributed by atoms with Crippen molar-refractivity contribution in [2.45, 2.75) is 46.5 Å². The van der Waals surface area contributed by atoms with Gasteiger partial charge in [-0.25, -0.2) is 4.39 Å². The molecule has 0 aromatic heterocycles. The molecular weight excluding hydrogens is 239 g/mol. The Kier molecular flexibility index (Phi) is 4.07. The van der Waals surface area contributed by atoms with Gasteiger partial charge in [-0.05, 0) is 61.3 Å². The van der Waals surface area contributed by atoms with Crippen LogP contribution in [0.2, 0.25) is 0 Å². The van der Waals surface area contributed by atoms with E-state index in [-0.39, 0.29) is 17.5 Å². The number of carbonyl (C=O) groups excluding carboxylic acids is 1. The van der Waals surface area contributed by atoms with Gasteiger partial charge in [0, 0.05) is 11.5 Å². The Hall–Kier alpha value is -1.18. The van der Waals surface area contributed by atoms with Crippen molar-refractivity contribution in [2.75, 3.05) is 0 Å². The number of benzene rings is 1. The quantitative estimate of drug-likeness (QED) is 0.695. The summed E-state index contributed by atoms with van der Waals surface area (Å²) in [5, 5.41) is 0. The maximum Gasteiger partial charge on any atom is 0.165 e. The molecular formula is C17H23FO. The predicted octanol–water partition coefficient (Wildman–Crippen LogP) is 4.86. The minimum absolute atomic E-state index is 0.129. The summed E-state index contributed by atoms with van der Waals surface area (Å²) in [4.78, 5) is 12.3. The Balaban J connectivity index is 1.98. The zero-order chi connectivity index (χ0) is 14.0. The normalized spacial score (nSPS) is 24.2. The van der Waals surface area contributed by atoms with Gasteiger partial charge in [0.2, 0.25) is 0 Å². The van der Waals surface area contributed by atoms with Crippen molar-refractivity contribution in [3.05, 3.63) is 35.6 Å². The van der Waals surface area contributed by atoms with Crippen LogP contribution >= 0.6 is 0 Å². The van der Waals surface area contributed by atoms with Gasteiger partial charge in [-0.2, -0.15) is 0 Å². The van der Waals surface area contributed by atoms with E-state index in [0.717, 1.165) is 25.7 Å². The molecule has 2 heteroatoms. The van der Waals surface area contributed by atoms with Gasteiger partial charge < -0.3 is 0 Å².